The summed E-state index contributed by atoms with van der Waals surface area (Å²) in [5.41, 5.74) is 0.904. The highest BCUT2D eigenvalue weighted by molar-refractivity contribution is 7.20. The molecule has 2 heterocycles. The van der Waals surface area contributed by atoms with E-state index in [2.05, 4.69) is 0 Å². The minimum Gasteiger partial charge on any atom is -0.487 e. The molecule has 3 heteroatoms. The van der Waals surface area contributed by atoms with Crippen LogP contribution in [0.2, 0.25) is 0 Å². The van der Waals surface area contributed by atoms with Gasteiger partial charge < -0.3 is 9.15 Å². The fourth-order valence-corrected chi connectivity index (χ4v) is 1.64. The molecule has 0 fully saturated rings. The number of ether oxygens (including phenoxy) is 1. The molecule has 0 aliphatic heterocycles. The number of rotatable bonds is 1. The molecule has 2 nitrogen and oxygen atoms in total. The van der Waals surface area contributed by atoms with Crippen molar-refractivity contribution in [2.75, 3.05) is 7.11 Å². The van der Waals surface area contributed by atoms with E-state index in [1.54, 1.807) is 24.7 Å². The van der Waals surface area contributed by atoms with Crippen LogP contribution in [0.4, 0.5) is 0 Å². The number of hydrogen-bond acceptors (Lipinski definition) is 3. The largest absolute Gasteiger partial charge is 0.487 e. The summed E-state index contributed by atoms with van der Waals surface area (Å²) in [5, 5.41) is 0.898. The van der Waals surface area contributed by atoms with Crippen molar-refractivity contribution in [2.24, 2.45) is 0 Å². The Morgan fingerprint density at radius 2 is 2.50 bits per heavy atom. The molecular formula is C7H6O2S. The number of methoxy groups -OCH3 is 1. The van der Waals surface area contributed by atoms with Crippen LogP contribution in [0, 0.1) is 0 Å². The highest BCUT2D eigenvalue weighted by Gasteiger charge is 2.02. The lowest BCUT2D eigenvalue weighted by molar-refractivity contribution is 0.427. The van der Waals surface area contributed by atoms with Gasteiger partial charge in [-0.05, 0) is 6.07 Å². The third-order valence-corrected chi connectivity index (χ3v) is 2.36. The van der Waals surface area contributed by atoms with Crippen molar-refractivity contribution >= 4 is 21.6 Å². The molecule has 52 valence electrons. The van der Waals surface area contributed by atoms with Gasteiger partial charge in [-0.15, -0.1) is 0 Å². The molecule has 2 aromatic heterocycles. The summed E-state index contributed by atoms with van der Waals surface area (Å²) in [5.74, 6) is 0. The standard InChI is InChI=1S/C7H6O2S/c1-8-7-4-5-6(10-7)2-3-9-5/h2-4H,1H3. The van der Waals surface area contributed by atoms with E-state index in [0.717, 1.165) is 15.3 Å². The molecule has 0 radical (unpaired) electrons. The molecular weight excluding hydrogens is 148 g/mol. The van der Waals surface area contributed by atoms with Gasteiger partial charge in [0.1, 0.15) is 5.58 Å². The highest BCUT2D eigenvalue weighted by atomic mass is 32.1. The molecule has 0 aliphatic rings. The minimum atomic E-state index is 0.898. The minimum absolute atomic E-state index is 0.898. The summed E-state index contributed by atoms with van der Waals surface area (Å²) in [6.45, 7) is 0. The average Bonchev–Trinajstić information content (AvgIpc) is 2.42. The first-order valence-electron chi connectivity index (χ1n) is 2.91. The van der Waals surface area contributed by atoms with E-state index in [4.69, 9.17) is 9.15 Å². The van der Waals surface area contributed by atoms with Gasteiger partial charge in [-0.1, -0.05) is 11.3 Å². The molecule has 0 unspecified atom stereocenters. The number of thiophene rings is 1. The maximum Gasteiger partial charge on any atom is 0.177 e. The SMILES string of the molecule is COc1cc2occc2s1. The van der Waals surface area contributed by atoms with Gasteiger partial charge in [-0.2, -0.15) is 0 Å². The molecule has 0 aliphatic carbocycles. The Hall–Kier alpha value is -0.960. The van der Waals surface area contributed by atoms with Crippen molar-refractivity contribution in [3.63, 3.8) is 0 Å². The molecule has 2 rings (SSSR count). The Bertz CT molecular complexity index is 305. The summed E-state index contributed by atoms with van der Waals surface area (Å²) in [4.78, 5) is 0. The molecule has 0 N–H and O–H groups in total. The lowest BCUT2D eigenvalue weighted by atomic mass is 10.5. The van der Waals surface area contributed by atoms with Gasteiger partial charge in [-0.3, -0.25) is 0 Å². The Morgan fingerprint density at radius 3 is 3.20 bits per heavy atom. The zero-order valence-electron chi connectivity index (χ0n) is 5.46. The van der Waals surface area contributed by atoms with Crippen LogP contribution in [0.1, 0.15) is 0 Å². The number of fused-ring (bicyclic) bond motifs is 1. The van der Waals surface area contributed by atoms with Crippen molar-refractivity contribution in [1.29, 1.82) is 0 Å². The maximum atomic E-state index is 5.13. The molecule has 10 heavy (non-hydrogen) atoms. The number of furan rings is 1. The summed E-state index contributed by atoms with van der Waals surface area (Å²) < 4.78 is 11.3. The zero-order valence-corrected chi connectivity index (χ0v) is 6.27. The van der Waals surface area contributed by atoms with Crippen molar-refractivity contribution in [3.8, 4) is 5.06 Å². The van der Waals surface area contributed by atoms with E-state index < -0.39 is 0 Å². The van der Waals surface area contributed by atoms with E-state index in [0.29, 0.717) is 0 Å². The Morgan fingerprint density at radius 1 is 1.60 bits per heavy atom. The van der Waals surface area contributed by atoms with Crippen LogP contribution < -0.4 is 4.74 Å². The second-order valence-electron chi connectivity index (χ2n) is 1.92. The molecule has 0 aromatic carbocycles. The van der Waals surface area contributed by atoms with E-state index in [1.165, 1.54) is 0 Å². The van der Waals surface area contributed by atoms with Gasteiger partial charge in [0.15, 0.2) is 5.06 Å². The number of hydrogen-bond donors (Lipinski definition) is 0. The first-order chi connectivity index (χ1) is 4.90. The molecule has 0 bridgehead atoms. The molecule has 0 saturated heterocycles. The van der Waals surface area contributed by atoms with E-state index in [1.807, 2.05) is 12.1 Å². The van der Waals surface area contributed by atoms with Gasteiger partial charge in [0.05, 0.1) is 18.1 Å². The second-order valence-corrected chi connectivity index (χ2v) is 2.96. The quantitative estimate of drug-likeness (QED) is 0.629. The highest BCUT2D eigenvalue weighted by Crippen LogP contribution is 2.31. The van der Waals surface area contributed by atoms with Crippen LogP contribution >= 0.6 is 11.3 Å². The molecule has 0 atom stereocenters. The lowest BCUT2D eigenvalue weighted by Crippen LogP contribution is -1.73. The van der Waals surface area contributed by atoms with Crippen molar-refractivity contribution < 1.29 is 9.15 Å². The molecule has 2 aromatic rings. The predicted octanol–water partition coefficient (Wildman–Crippen LogP) is 2.50. The van der Waals surface area contributed by atoms with Crippen LogP contribution in [0.15, 0.2) is 22.8 Å². The van der Waals surface area contributed by atoms with Gasteiger partial charge in [0, 0.05) is 6.07 Å². The van der Waals surface area contributed by atoms with Crippen LogP contribution in [0.25, 0.3) is 10.3 Å². The maximum absolute atomic E-state index is 5.13. The first-order valence-corrected chi connectivity index (χ1v) is 3.73. The van der Waals surface area contributed by atoms with E-state index in [-0.39, 0.29) is 0 Å². The molecule has 0 spiro atoms. The summed E-state index contributed by atoms with van der Waals surface area (Å²) >= 11 is 1.59. The summed E-state index contributed by atoms with van der Waals surface area (Å²) in [6.07, 6.45) is 1.68. The predicted molar refractivity (Wildman–Crippen MR) is 40.6 cm³/mol. The van der Waals surface area contributed by atoms with Crippen LogP contribution in [-0.4, -0.2) is 7.11 Å². The molecule has 0 amide bonds. The van der Waals surface area contributed by atoms with Crippen LogP contribution in [0.3, 0.4) is 0 Å². The van der Waals surface area contributed by atoms with Gasteiger partial charge in [0.25, 0.3) is 0 Å². The second kappa shape index (κ2) is 2.02. The Labute approximate surface area is 62.0 Å². The third-order valence-electron chi connectivity index (χ3n) is 1.32. The zero-order chi connectivity index (χ0) is 6.97. The van der Waals surface area contributed by atoms with Crippen molar-refractivity contribution in [2.45, 2.75) is 0 Å². The summed E-state index contributed by atoms with van der Waals surface area (Å²) in [7, 11) is 1.66. The van der Waals surface area contributed by atoms with Gasteiger partial charge in [0.2, 0.25) is 0 Å². The Kier molecular flexibility index (Phi) is 1.17. The Balaban J connectivity index is 2.67. The van der Waals surface area contributed by atoms with Crippen LogP contribution in [-0.2, 0) is 0 Å². The first kappa shape index (κ1) is 5.80. The molecule has 0 saturated carbocycles. The fraction of sp³-hybridized carbons (Fsp3) is 0.143. The van der Waals surface area contributed by atoms with E-state index >= 15 is 0 Å². The monoisotopic (exact) mass is 154 g/mol. The normalized spacial score (nSPS) is 10.5. The van der Waals surface area contributed by atoms with Gasteiger partial charge in [-0.25, -0.2) is 0 Å². The van der Waals surface area contributed by atoms with Crippen LogP contribution in [0.5, 0.6) is 5.06 Å². The van der Waals surface area contributed by atoms with Gasteiger partial charge >= 0.3 is 0 Å². The topological polar surface area (TPSA) is 22.4 Å². The lowest BCUT2D eigenvalue weighted by Gasteiger charge is -1.86. The van der Waals surface area contributed by atoms with Crippen molar-refractivity contribution in [3.05, 3.63) is 18.4 Å². The average molecular weight is 154 g/mol. The smallest absolute Gasteiger partial charge is 0.177 e. The van der Waals surface area contributed by atoms with Crippen molar-refractivity contribution in [1.82, 2.24) is 0 Å². The summed E-state index contributed by atoms with van der Waals surface area (Å²) in [6, 6.07) is 3.82. The fourth-order valence-electron chi connectivity index (χ4n) is 0.844. The third kappa shape index (κ3) is 0.708. The van der Waals surface area contributed by atoms with E-state index in [9.17, 15) is 0 Å².